The zero-order chi connectivity index (χ0) is 20.9. The molecule has 2 N–H and O–H groups in total. The van der Waals surface area contributed by atoms with Crippen LogP contribution in [0.1, 0.15) is 30.4 Å². The summed E-state index contributed by atoms with van der Waals surface area (Å²) in [6.07, 6.45) is 10.4. The van der Waals surface area contributed by atoms with Crippen molar-refractivity contribution in [3.63, 3.8) is 0 Å². The Hall–Kier alpha value is -2.96. The highest BCUT2D eigenvalue weighted by Crippen LogP contribution is 2.23. The molecule has 5 rings (SSSR count). The predicted molar refractivity (Wildman–Crippen MR) is 124 cm³/mol. The van der Waals surface area contributed by atoms with Gasteiger partial charge in [-0.1, -0.05) is 30.3 Å². The van der Waals surface area contributed by atoms with Crippen LogP contribution in [-0.4, -0.2) is 50.3 Å². The molecule has 2 aromatic heterocycles. The number of aromatic nitrogens is 4. The molecule has 1 aliphatic heterocycles. The number of piperidine rings is 1. The zero-order valence-corrected chi connectivity index (χ0v) is 17.9. The first-order valence-corrected chi connectivity index (χ1v) is 11.3. The summed E-state index contributed by atoms with van der Waals surface area (Å²) in [7, 11) is 0. The third kappa shape index (κ3) is 4.86. The van der Waals surface area contributed by atoms with Gasteiger partial charge in [0.25, 0.3) is 0 Å². The highest BCUT2D eigenvalue weighted by Gasteiger charge is 2.18. The predicted octanol–water partition coefficient (Wildman–Crippen LogP) is 3.94. The van der Waals surface area contributed by atoms with E-state index in [1.165, 1.54) is 60.9 Å². The van der Waals surface area contributed by atoms with Crippen LogP contribution in [0.3, 0.4) is 0 Å². The summed E-state index contributed by atoms with van der Waals surface area (Å²) in [5.41, 5.74) is 5.06. The Labute approximate surface area is 183 Å². The maximum atomic E-state index is 3.92. The van der Waals surface area contributed by atoms with E-state index in [-0.39, 0.29) is 0 Å². The number of hydrogen-bond acceptors (Lipinski definition) is 4. The first-order valence-electron chi connectivity index (χ1n) is 11.3. The molecular weight excluding hydrogens is 384 g/mol. The van der Waals surface area contributed by atoms with Crippen LogP contribution in [0.2, 0.25) is 0 Å². The summed E-state index contributed by atoms with van der Waals surface area (Å²) in [4.78, 5) is 6.04. The topological polar surface area (TPSA) is 61.8 Å². The quantitative estimate of drug-likeness (QED) is 0.459. The summed E-state index contributed by atoms with van der Waals surface area (Å²) < 4.78 is 1.95. The van der Waals surface area contributed by atoms with Crippen LogP contribution in [0.4, 0.5) is 0 Å². The molecule has 6 heteroatoms. The van der Waals surface area contributed by atoms with Gasteiger partial charge in [-0.15, -0.1) is 10.2 Å². The van der Waals surface area contributed by atoms with Crippen molar-refractivity contribution in [1.82, 2.24) is 30.0 Å². The molecule has 2 aromatic carbocycles. The Morgan fingerprint density at radius 1 is 1.00 bits per heavy atom. The molecular formula is C25H30N6. The molecule has 31 heavy (non-hydrogen) atoms. The lowest BCUT2D eigenvalue weighted by atomic mass is 10.0. The van der Waals surface area contributed by atoms with Crippen LogP contribution in [-0.2, 0) is 13.0 Å². The van der Waals surface area contributed by atoms with Gasteiger partial charge in [-0.25, -0.2) is 0 Å². The van der Waals surface area contributed by atoms with Gasteiger partial charge in [0.15, 0.2) is 0 Å². The van der Waals surface area contributed by atoms with Crippen LogP contribution in [0.5, 0.6) is 0 Å². The number of H-pyrrole nitrogens is 1. The van der Waals surface area contributed by atoms with Gasteiger partial charge >= 0.3 is 0 Å². The minimum absolute atomic E-state index is 0.640. The van der Waals surface area contributed by atoms with E-state index in [4.69, 9.17) is 0 Å². The average molecular weight is 415 g/mol. The normalized spacial score (nSPS) is 15.6. The van der Waals surface area contributed by atoms with Crippen molar-refractivity contribution in [1.29, 1.82) is 0 Å². The minimum atomic E-state index is 0.640. The van der Waals surface area contributed by atoms with Crippen LogP contribution in [0, 0.1) is 0 Å². The second-order valence-electron chi connectivity index (χ2n) is 8.50. The largest absolute Gasteiger partial charge is 0.361 e. The van der Waals surface area contributed by atoms with E-state index in [2.05, 4.69) is 80.1 Å². The number of rotatable bonds is 8. The van der Waals surface area contributed by atoms with Crippen molar-refractivity contribution in [2.75, 3.05) is 19.6 Å². The fraction of sp³-hybridized carbons (Fsp3) is 0.360. The molecule has 4 aromatic rings. The standard InChI is InChI=1S/C25H30N6/c1-2-5-20(6-3-1)16-26-22-10-13-30(14-11-22)12-4-7-21-17-27-25-9-8-23(15-24(21)25)31-18-28-29-19-31/h1-3,5-6,8-9,15,17-19,22,26-27H,4,7,10-14,16H2. The number of nitrogens with one attached hydrogen (secondary N) is 2. The van der Waals surface area contributed by atoms with Gasteiger partial charge in [0, 0.05) is 35.4 Å². The molecule has 160 valence electrons. The molecule has 0 unspecified atom stereocenters. The zero-order valence-electron chi connectivity index (χ0n) is 17.9. The fourth-order valence-electron chi connectivity index (χ4n) is 4.58. The summed E-state index contributed by atoms with van der Waals surface area (Å²) in [6, 6.07) is 17.8. The number of likely N-dealkylation sites (tertiary alicyclic amines) is 1. The van der Waals surface area contributed by atoms with E-state index in [1.54, 1.807) is 12.7 Å². The molecule has 0 bridgehead atoms. The molecule has 0 aliphatic carbocycles. The molecule has 0 amide bonds. The van der Waals surface area contributed by atoms with Crippen LogP contribution in [0.15, 0.2) is 67.4 Å². The Bertz CT molecular complexity index is 1080. The third-order valence-electron chi connectivity index (χ3n) is 6.41. The number of aromatic amines is 1. The van der Waals surface area contributed by atoms with Crippen LogP contribution in [0.25, 0.3) is 16.6 Å². The molecule has 0 saturated carbocycles. The molecule has 0 radical (unpaired) electrons. The first-order chi connectivity index (χ1) is 15.3. The van der Waals surface area contributed by atoms with E-state index in [9.17, 15) is 0 Å². The van der Waals surface area contributed by atoms with E-state index < -0.39 is 0 Å². The van der Waals surface area contributed by atoms with Gasteiger partial charge in [-0.2, -0.15) is 0 Å². The van der Waals surface area contributed by atoms with E-state index >= 15 is 0 Å². The summed E-state index contributed by atoms with van der Waals surface area (Å²) in [6.45, 7) is 4.53. The van der Waals surface area contributed by atoms with Crippen molar-refractivity contribution in [2.24, 2.45) is 0 Å². The van der Waals surface area contributed by atoms with Gasteiger partial charge in [-0.05, 0) is 74.6 Å². The lowest BCUT2D eigenvalue weighted by Crippen LogP contribution is -2.42. The second-order valence-corrected chi connectivity index (χ2v) is 8.50. The highest BCUT2D eigenvalue weighted by atomic mass is 15.2. The Balaban J connectivity index is 1.09. The lowest BCUT2D eigenvalue weighted by Gasteiger charge is -2.32. The lowest BCUT2D eigenvalue weighted by molar-refractivity contribution is 0.195. The number of hydrogen-bond donors (Lipinski definition) is 2. The maximum Gasteiger partial charge on any atom is 0.123 e. The average Bonchev–Trinajstić information content (AvgIpc) is 3.49. The molecule has 6 nitrogen and oxygen atoms in total. The molecule has 1 saturated heterocycles. The number of aryl methyl sites for hydroxylation is 1. The van der Waals surface area contributed by atoms with E-state index in [0.717, 1.165) is 18.7 Å². The SMILES string of the molecule is c1ccc(CNC2CCN(CCCc3c[nH]c4ccc(-n5cnnc5)cc34)CC2)cc1. The highest BCUT2D eigenvalue weighted by molar-refractivity contribution is 5.85. The summed E-state index contributed by atoms with van der Waals surface area (Å²) >= 11 is 0. The van der Waals surface area contributed by atoms with Gasteiger partial charge in [0.1, 0.15) is 12.7 Å². The van der Waals surface area contributed by atoms with Crippen molar-refractivity contribution < 1.29 is 0 Å². The molecule has 0 spiro atoms. The third-order valence-corrected chi connectivity index (χ3v) is 6.41. The van der Waals surface area contributed by atoms with E-state index in [0.29, 0.717) is 6.04 Å². The number of nitrogens with zero attached hydrogens (tertiary/aromatic N) is 4. The number of benzene rings is 2. The fourth-order valence-corrected chi connectivity index (χ4v) is 4.58. The number of fused-ring (bicyclic) bond motifs is 1. The molecule has 3 heterocycles. The van der Waals surface area contributed by atoms with Gasteiger partial charge < -0.3 is 15.2 Å². The van der Waals surface area contributed by atoms with Crippen molar-refractivity contribution >= 4 is 10.9 Å². The summed E-state index contributed by atoms with van der Waals surface area (Å²) in [5, 5.41) is 12.9. The molecule has 1 aliphatic rings. The maximum absolute atomic E-state index is 3.92. The Morgan fingerprint density at radius 3 is 2.61 bits per heavy atom. The van der Waals surface area contributed by atoms with Gasteiger partial charge in [-0.3, -0.25) is 4.57 Å². The smallest absolute Gasteiger partial charge is 0.123 e. The van der Waals surface area contributed by atoms with Gasteiger partial charge in [0.05, 0.1) is 0 Å². The van der Waals surface area contributed by atoms with Crippen LogP contribution < -0.4 is 5.32 Å². The Morgan fingerprint density at radius 2 is 1.81 bits per heavy atom. The Kier molecular flexibility index (Phi) is 6.09. The van der Waals surface area contributed by atoms with Crippen molar-refractivity contribution in [3.8, 4) is 5.69 Å². The molecule has 1 fully saturated rings. The second kappa shape index (κ2) is 9.45. The van der Waals surface area contributed by atoms with Crippen molar-refractivity contribution in [2.45, 2.75) is 38.3 Å². The molecule has 0 atom stereocenters. The van der Waals surface area contributed by atoms with Crippen molar-refractivity contribution in [3.05, 3.63) is 78.5 Å². The minimum Gasteiger partial charge on any atom is -0.361 e. The monoisotopic (exact) mass is 414 g/mol. The first kappa shape index (κ1) is 20.0. The summed E-state index contributed by atoms with van der Waals surface area (Å²) in [5.74, 6) is 0. The van der Waals surface area contributed by atoms with Crippen LogP contribution >= 0.6 is 0 Å². The van der Waals surface area contributed by atoms with Gasteiger partial charge in [0.2, 0.25) is 0 Å². The van der Waals surface area contributed by atoms with E-state index in [1.807, 2.05) is 4.57 Å².